The van der Waals surface area contributed by atoms with Crippen molar-refractivity contribution >= 4 is 39.5 Å². The largest absolute Gasteiger partial charge is 0.383 e. The van der Waals surface area contributed by atoms with Gasteiger partial charge in [0.05, 0.1) is 0 Å². The van der Waals surface area contributed by atoms with Gasteiger partial charge >= 0.3 is 6.03 Å². The third kappa shape index (κ3) is 4.17. The van der Waals surface area contributed by atoms with Gasteiger partial charge in [0.15, 0.2) is 0 Å². The molecule has 3 rings (SSSR count). The molecule has 0 bridgehead atoms. The summed E-state index contributed by atoms with van der Waals surface area (Å²) in [6.07, 6.45) is 2.40. The second-order valence-corrected chi connectivity index (χ2v) is 7.82. The minimum absolute atomic E-state index is 0.0324. The number of anilines is 1. The maximum atomic E-state index is 12.4. The molecule has 140 valence electrons. The highest BCUT2D eigenvalue weighted by Gasteiger charge is 2.55. The van der Waals surface area contributed by atoms with E-state index in [0.717, 1.165) is 23.0 Å². The van der Waals surface area contributed by atoms with E-state index >= 15 is 0 Å². The predicted molar refractivity (Wildman–Crippen MR) is 102 cm³/mol. The average molecular weight is 423 g/mol. The summed E-state index contributed by atoms with van der Waals surface area (Å²) < 4.78 is 0.995. The minimum Gasteiger partial charge on any atom is -0.383 e. The van der Waals surface area contributed by atoms with Crippen molar-refractivity contribution in [3.8, 4) is 0 Å². The molecule has 1 atom stereocenters. The normalized spacial score (nSPS) is 21.9. The Kier molecular flexibility index (Phi) is 5.50. The van der Waals surface area contributed by atoms with Crippen LogP contribution < -0.4 is 16.0 Å². The first-order valence-electron chi connectivity index (χ1n) is 8.78. The molecule has 8 heteroatoms. The maximum absolute atomic E-state index is 12.4. The van der Waals surface area contributed by atoms with Gasteiger partial charge in [-0.25, -0.2) is 4.79 Å². The number of rotatable bonds is 8. The summed E-state index contributed by atoms with van der Waals surface area (Å²) in [4.78, 5) is 37.8. The third-order valence-corrected chi connectivity index (χ3v) is 5.50. The van der Waals surface area contributed by atoms with Gasteiger partial charge in [-0.05, 0) is 43.4 Å². The van der Waals surface area contributed by atoms with Gasteiger partial charge in [0, 0.05) is 36.7 Å². The number of carbonyl (C=O) groups excluding carboxylic acids is 3. The van der Waals surface area contributed by atoms with Crippen molar-refractivity contribution in [2.24, 2.45) is 5.92 Å². The first kappa shape index (κ1) is 18.7. The van der Waals surface area contributed by atoms with Gasteiger partial charge in [-0.15, -0.1) is 0 Å². The van der Waals surface area contributed by atoms with E-state index in [4.69, 9.17) is 0 Å². The summed E-state index contributed by atoms with van der Waals surface area (Å²) in [5, 5.41) is 8.34. The lowest BCUT2D eigenvalue weighted by atomic mass is 9.88. The van der Waals surface area contributed by atoms with Crippen molar-refractivity contribution < 1.29 is 14.4 Å². The number of hydrogen-bond acceptors (Lipinski definition) is 4. The van der Waals surface area contributed by atoms with E-state index in [1.165, 1.54) is 0 Å². The molecule has 1 aromatic carbocycles. The van der Waals surface area contributed by atoms with Crippen LogP contribution in [0.1, 0.15) is 25.7 Å². The van der Waals surface area contributed by atoms with E-state index in [1.807, 2.05) is 24.3 Å². The van der Waals surface area contributed by atoms with Crippen molar-refractivity contribution in [1.29, 1.82) is 0 Å². The number of benzene rings is 1. The Labute approximate surface area is 161 Å². The van der Waals surface area contributed by atoms with E-state index in [9.17, 15) is 14.4 Å². The van der Waals surface area contributed by atoms with Crippen LogP contribution in [-0.2, 0) is 9.59 Å². The molecule has 2 fully saturated rings. The van der Waals surface area contributed by atoms with Gasteiger partial charge in [-0.3, -0.25) is 14.9 Å². The fourth-order valence-electron chi connectivity index (χ4n) is 3.34. The molecule has 3 N–H and O–H groups in total. The standard InChI is InChI=1S/C18H23BrN4O3/c1-23(10-9-20-14-4-2-3-13(19)11-14)15(24)7-8-18(12-5-6-12)16(25)21-17(26)22-18/h2-4,11-12,20H,5-10H2,1H3,(H2,21,22,25,26). The van der Waals surface area contributed by atoms with Gasteiger partial charge in [0.1, 0.15) is 5.54 Å². The van der Waals surface area contributed by atoms with E-state index in [-0.39, 0.29) is 24.2 Å². The number of nitrogens with one attached hydrogen (secondary N) is 3. The average Bonchev–Trinajstić information content (AvgIpc) is 3.39. The first-order chi connectivity index (χ1) is 12.4. The zero-order valence-electron chi connectivity index (χ0n) is 14.7. The molecule has 0 radical (unpaired) electrons. The lowest BCUT2D eigenvalue weighted by Crippen LogP contribution is -2.49. The molecule has 0 spiro atoms. The van der Waals surface area contributed by atoms with E-state index in [2.05, 4.69) is 31.9 Å². The Morgan fingerprint density at radius 2 is 2.15 bits per heavy atom. The molecular formula is C18H23BrN4O3. The molecule has 1 heterocycles. The number of likely N-dealkylation sites (N-methyl/N-ethyl adjacent to an activating group) is 1. The predicted octanol–water partition coefficient (Wildman–Crippen LogP) is 2.09. The lowest BCUT2D eigenvalue weighted by molar-refractivity contribution is -0.131. The topological polar surface area (TPSA) is 90.5 Å². The third-order valence-electron chi connectivity index (χ3n) is 5.00. The molecule has 7 nitrogen and oxygen atoms in total. The van der Waals surface area contributed by atoms with Gasteiger partial charge in [-0.1, -0.05) is 22.0 Å². The summed E-state index contributed by atoms with van der Waals surface area (Å²) >= 11 is 3.42. The fraction of sp³-hybridized carbons (Fsp3) is 0.500. The second kappa shape index (κ2) is 7.65. The number of imide groups is 1. The Hall–Kier alpha value is -2.09. The van der Waals surface area contributed by atoms with E-state index < -0.39 is 11.6 Å². The van der Waals surface area contributed by atoms with Gasteiger partial charge in [0.25, 0.3) is 5.91 Å². The molecule has 1 unspecified atom stereocenters. The van der Waals surface area contributed by atoms with Crippen molar-refractivity contribution in [2.75, 3.05) is 25.5 Å². The monoisotopic (exact) mass is 422 g/mol. The number of nitrogens with zero attached hydrogens (tertiary/aromatic N) is 1. The fourth-order valence-corrected chi connectivity index (χ4v) is 3.73. The molecule has 0 aromatic heterocycles. The van der Waals surface area contributed by atoms with E-state index in [0.29, 0.717) is 19.5 Å². The van der Waals surface area contributed by atoms with Crippen molar-refractivity contribution in [1.82, 2.24) is 15.5 Å². The number of carbonyl (C=O) groups is 3. The van der Waals surface area contributed by atoms with Crippen molar-refractivity contribution in [2.45, 2.75) is 31.2 Å². The number of halogens is 1. The van der Waals surface area contributed by atoms with Crippen LogP contribution in [0.4, 0.5) is 10.5 Å². The smallest absolute Gasteiger partial charge is 0.322 e. The first-order valence-corrected chi connectivity index (χ1v) is 9.57. The van der Waals surface area contributed by atoms with Crippen LogP contribution in [0.5, 0.6) is 0 Å². The molecule has 1 aromatic rings. The quantitative estimate of drug-likeness (QED) is 0.559. The number of urea groups is 1. The van der Waals surface area contributed by atoms with Crippen LogP contribution in [0.2, 0.25) is 0 Å². The van der Waals surface area contributed by atoms with Gasteiger partial charge in [0.2, 0.25) is 5.91 Å². The van der Waals surface area contributed by atoms with Crippen molar-refractivity contribution in [3.63, 3.8) is 0 Å². The second-order valence-electron chi connectivity index (χ2n) is 6.91. The lowest BCUT2D eigenvalue weighted by Gasteiger charge is -2.27. The Bertz CT molecular complexity index is 722. The van der Waals surface area contributed by atoms with Crippen LogP contribution in [0, 0.1) is 5.92 Å². The number of amides is 4. The Morgan fingerprint density at radius 1 is 1.38 bits per heavy atom. The summed E-state index contributed by atoms with van der Waals surface area (Å²) in [6.45, 7) is 1.18. The highest BCUT2D eigenvalue weighted by atomic mass is 79.9. The summed E-state index contributed by atoms with van der Waals surface area (Å²) in [6, 6.07) is 7.38. The minimum atomic E-state index is -0.901. The zero-order valence-corrected chi connectivity index (χ0v) is 16.3. The molecule has 26 heavy (non-hydrogen) atoms. The summed E-state index contributed by atoms with van der Waals surface area (Å²) in [5.74, 6) is -0.183. The Morgan fingerprint density at radius 3 is 2.77 bits per heavy atom. The van der Waals surface area contributed by atoms with Crippen LogP contribution >= 0.6 is 15.9 Å². The molecule has 2 aliphatic rings. The molecule has 1 aliphatic carbocycles. The SMILES string of the molecule is CN(CCNc1cccc(Br)c1)C(=O)CCC1(C2CC2)NC(=O)NC1=O. The van der Waals surface area contributed by atoms with Crippen molar-refractivity contribution in [3.05, 3.63) is 28.7 Å². The van der Waals surface area contributed by atoms with E-state index in [1.54, 1.807) is 11.9 Å². The maximum Gasteiger partial charge on any atom is 0.322 e. The van der Waals surface area contributed by atoms with Gasteiger partial charge in [-0.2, -0.15) is 0 Å². The highest BCUT2D eigenvalue weighted by molar-refractivity contribution is 9.10. The highest BCUT2D eigenvalue weighted by Crippen LogP contribution is 2.43. The molecule has 4 amide bonds. The van der Waals surface area contributed by atoms with Crippen LogP contribution in [0.15, 0.2) is 28.7 Å². The Balaban J connectivity index is 1.46. The van der Waals surface area contributed by atoms with Crippen LogP contribution in [0.3, 0.4) is 0 Å². The van der Waals surface area contributed by atoms with Gasteiger partial charge < -0.3 is 15.5 Å². The van der Waals surface area contributed by atoms with Crippen LogP contribution in [-0.4, -0.2) is 48.4 Å². The summed E-state index contributed by atoms with van der Waals surface area (Å²) in [7, 11) is 1.75. The molecule has 1 aliphatic heterocycles. The summed E-state index contributed by atoms with van der Waals surface area (Å²) in [5.41, 5.74) is 0.0838. The number of hydrogen-bond donors (Lipinski definition) is 3. The molecule has 1 saturated heterocycles. The van der Waals surface area contributed by atoms with Crippen LogP contribution in [0.25, 0.3) is 0 Å². The zero-order chi connectivity index (χ0) is 18.7. The molecular weight excluding hydrogens is 400 g/mol. The molecule has 1 saturated carbocycles.